The van der Waals surface area contributed by atoms with Gasteiger partial charge < -0.3 is 4.57 Å². The van der Waals surface area contributed by atoms with E-state index in [-0.39, 0.29) is 6.17 Å². The van der Waals surface area contributed by atoms with Crippen molar-refractivity contribution in [2.24, 2.45) is 0 Å². The second kappa shape index (κ2) is 8.66. The molecule has 0 radical (unpaired) electrons. The number of hydrogen-bond acceptors (Lipinski definition) is 7. The van der Waals surface area contributed by atoms with E-state index in [0.29, 0.717) is 11.6 Å². The van der Waals surface area contributed by atoms with Gasteiger partial charge in [0.05, 0.1) is 17.4 Å². The zero-order chi connectivity index (χ0) is 21.9. The molecule has 0 aliphatic heterocycles. The average Bonchev–Trinajstić information content (AvgIpc) is 3.58. The highest BCUT2D eigenvalue weighted by Crippen LogP contribution is 2.32. The first-order chi connectivity index (χ1) is 15.7. The van der Waals surface area contributed by atoms with Gasteiger partial charge in [0, 0.05) is 5.56 Å². The Labute approximate surface area is 184 Å². The smallest absolute Gasteiger partial charge is 0.205 e. The van der Waals surface area contributed by atoms with E-state index < -0.39 is 0 Å². The minimum absolute atomic E-state index is 0.0646. The Kier molecular flexibility index (Phi) is 5.40. The van der Waals surface area contributed by atoms with Crippen molar-refractivity contribution in [2.45, 2.75) is 45.7 Å². The van der Waals surface area contributed by atoms with Crippen LogP contribution in [0.1, 0.15) is 44.6 Å². The van der Waals surface area contributed by atoms with Crippen LogP contribution in [-0.2, 0) is 0 Å². The van der Waals surface area contributed by atoms with Gasteiger partial charge in [-0.25, -0.2) is 4.98 Å². The predicted molar refractivity (Wildman–Crippen MR) is 119 cm³/mol. The second-order valence-electron chi connectivity index (χ2n) is 7.77. The van der Waals surface area contributed by atoms with Crippen molar-refractivity contribution >= 4 is 11.0 Å². The van der Waals surface area contributed by atoms with Crippen LogP contribution in [0.15, 0.2) is 48.8 Å². The number of hydrogen-bond donors (Lipinski definition) is 1. The number of unbranched alkanes of at least 4 members (excludes halogenated alkanes) is 2. The number of aryl methyl sites for hydroxylation is 1. The highest BCUT2D eigenvalue weighted by atomic mass is 15.6. The predicted octanol–water partition coefficient (Wildman–Crippen LogP) is 3.81. The van der Waals surface area contributed by atoms with Crippen molar-refractivity contribution in [2.75, 3.05) is 0 Å². The molecular formula is C22H24N10. The number of benzene rings is 2. The molecule has 0 saturated heterocycles. The number of nitrogens with zero attached hydrogens (tertiary/aromatic N) is 9. The first-order valence-corrected chi connectivity index (χ1v) is 10.8. The van der Waals surface area contributed by atoms with Crippen LogP contribution < -0.4 is 0 Å². The van der Waals surface area contributed by atoms with Crippen molar-refractivity contribution < 1.29 is 0 Å². The Bertz CT molecular complexity index is 1320. The molecule has 1 unspecified atom stereocenters. The molecule has 10 nitrogen and oxygen atoms in total. The minimum Gasteiger partial charge on any atom is -0.306 e. The molecule has 0 bridgehead atoms. The topological polar surface area (TPSA) is 116 Å². The van der Waals surface area contributed by atoms with E-state index in [1.165, 1.54) is 0 Å². The third-order valence-corrected chi connectivity index (χ3v) is 5.58. The number of aromatic nitrogens is 10. The molecule has 5 aromatic rings. The highest BCUT2D eigenvalue weighted by Gasteiger charge is 2.19. The van der Waals surface area contributed by atoms with E-state index in [1.807, 2.05) is 31.5 Å². The van der Waals surface area contributed by atoms with E-state index in [2.05, 4.69) is 71.8 Å². The van der Waals surface area contributed by atoms with Crippen molar-refractivity contribution in [3.8, 4) is 22.5 Å². The number of H-pyrrole nitrogens is 1. The summed E-state index contributed by atoms with van der Waals surface area (Å²) in [6.07, 6.45) is 6.12. The van der Waals surface area contributed by atoms with E-state index in [1.54, 1.807) is 4.80 Å². The SMILES string of the molecule is CCCCCC(n1nnc(C)n1)n1cnc2cc(-c3ccccc3-c3nn[nH]n3)ccc21. The van der Waals surface area contributed by atoms with Gasteiger partial charge >= 0.3 is 0 Å². The molecule has 3 heterocycles. The summed E-state index contributed by atoms with van der Waals surface area (Å²) in [5.41, 5.74) is 4.92. The Morgan fingerprint density at radius 3 is 2.66 bits per heavy atom. The lowest BCUT2D eigenvalue weighted by molar-refractivity contribution is 0.321. The molecular weight excluding hydrogens is 404 g/mol. The highest BCUT2D eigenvalue weighted by molar-refractivity contribution is 5.87. The fourth-order valence-corrected chi connectivity index (χ4v) is 4.01. The summed E-state index contributed by atoms with van der Waals surface area (Å²) in [6, 6.07) is 14.3. The van der Waals surface area contributed by atoms with Crippen molar-refractivity contribution in [1.29, 1.82) is 0 Å². The molecule has 0 saturated carbocycles. The lowest BCUT2D eigenvalue weighted by Crippen LogP contribution is -2.20. The monoisotopic (exact) mass is 428 g/mol. The number of nitrogens with one attached hydrogen (secondary N) is 1. The molecule has 2 aromatic carbocycles. The van der Waals surface area contributed by atoms with Crippen molar-refractivity contribution in [1.82, 2.24) is 50.4 Å². The van der Waals surface area contributed by atoms with Crippen LogP contribution in [0.3, 0.4) is 0 Å². The summed E-state index contributed by atoms with van der Waals surface area (Å²) in [5.74, 6) is 1.23. The molecule has 1 N–H and O–H groups in total. The first-order valence-electron chi connectivity index (χ1n) is 10.8. The Morgan fingerprint density at radius 2 is 1.91 bits per heavy atom. The van der Waals surface area contributed by atoms with E-state index in [0.717, 1.165) is 53.4 Å². The molecule has 0 spiro atoms. The molecule has 10 heteroatoms. The third-order valence-electron chi connectivity index (χ3n) is 5.58. The fraction of sp³-hybridized carbons (Fsp3) is 0.318. The molecule has 1 atom stereocenters. The molecule has 162 valence electrons. The lowest BCUT2D eigenvalue weighted by Gasteiger charge is -2.18. The van der Waals surface area contributed by atoms with E-state index in [9.17, 15) is 0 Å². The second-order valence-corrected chi connectivity index (χ2v) is 7.77. The average molecular weight is 429 g/mol. The summed E-state index contributed by atoms with van der Waals surface area (Å²) < 4.78 is 2.14. The van der Waals surface area contributed by atoms with Crippen LogP contribution in [0.4, 0.5) is 0 Å². The van der Waals surface area contributed by atoms with Crippen LogP contribution in [0.25, 0.3) is 33.5 Å². The molecule has 0 aliphatic rings. The largest absolute Gasteiger partial charge is 0.306 e. The van der Waals surface area contributed by atoms with Gasteiger partial charge in [-0.2, -0.15) is 5.21 Å². The van der Waals surface area contributed by atoms with Gasteiger partial charge in [0.2, 0.25) is 5.82 Å². The molecule has 0 aliphatic carbocycles. The number of fused-ring (bicyclic) bond motifs is 1. The molecule has 3 aromatic heterocycles. The standard InChI is InChI=1S/C22H24N10/c1-3-4-5-10-21(32-27-15(2)24-30-32)31-14-23-19-13-16(11-12-20(19)31)17-8-6-7-9-18(17)22-25-28-29-26-22/h6-9,11-14,21H,3-5,10H2,1-2H3,(H,25,26,28,29). The number of rotatable bonds is 8. The summed E-state index contributed by atoms with van der Waals surface area (Å²) in [6.45, 7) is 4.06. The third kappa shape index (κ3) is 3.75. The summed E-state index contributed by atoms with van der Waals surface area (Å²) in [5, 5.41) is 27.3. The van der Waals surface area contributed by atoms with E-state index in [4.69, 9.17) is 4.98 Å². The fourth-order valence-electron chi connectivity index (χ4n) is 4.01. The van der Waals surface area contributed by atoms with Gasteiger partial charge in [0.25, 0.3) is 0 Å². The molecule has 32 heavy (non-hydrogen) atoms. The summed E-state index contributed by atoms with van der Waals surface area (Å²) in [7, 11) is 0. The quantitative estimate of drug-likeness (QED) is 0.374. The van der Waals surface area contributed by atoms with Gasteiger partial charge in [0.1, 0.15) is 6.17 Å². The minimum atomic E-state index is -0.0646. The molecule has 0 amide bonds. The summed E-state index contributed by atoms with van der Waals surface area (Å²) >= 11 is 0. The number of aromatic amines is 1. The van der Waals surface area contributed by atoms with Gasteiger partial charge in [0.15, 0.2) is 5.82 Å². The Morgan fingerprint density at radius 1 is 1.03 bits per heavy atom. The van der Waals surface area contributed by atoms with Gasteiger partial charge in [-0.15, -0.1) is 25.2 Å². The maximum Gasteiger partial charge on any atom is 0.205 e. The number of imidazole rings is 1. The van der Waals surface area contributed by atoms with Gasteiger partial charge in [-0.3, -0.25) is 0 Å². The Hall–Kier alpha value is -3.95. The van der Waals surface area contributed by atoms with Crippen LogP contribution >= 0.6 is 0 Å². The lowest BCUT2D eigenvalue weighted by atomic mass is 9.99. The molecule has 0 fully saturated rings. The normalized spacial score (nSPS) is 12.4. The van der Waals surface area contributed by atoms with E-state index >= 15 is 0 Å². The first kappa shape index (κ1) is 20.0. The zero-order valence-electron chi connectivity index (χ0n) is 18.0. The van der Waals surface area contributed by atoms with Crippen LogP contribution in [-0.4, -0.2) is 50.4 Å². The van der Waals surface area contributed by atoms with Gasteiger partial charge in [-0.1, -0.05) is 50.1 Å². The zero-order valence-corrected chi connectivity index (χ0v) is 18.0. The Balaban J connectivity index is 1.54. The van der Waals surface area contributed by atoms with Crippen molar-refractivity contribution in [3.63, 3.8) is 0 Å². The molecule has 5 rings (SSSR count). The van der Waals surface area contributed by atoms with Crippen LogP contribution in [0.2, 0.25) is 0 Å². The van der Waals surface area contributed by atoms with Crippen LogP contribution in [0, 0.1) is 6.92 Å². The summed E-state index contributed by atoms with van der Waals surface area (Å²) in [4.78, 5) is 6.40. The van der Waals surface area contributed by atoms with Crippen molar-refractivity contribution in [3.05, 3.63) is 54.6 Å². The van der Waals surface area contributed by atoms with Gasteiger partial charge in [-0.05, 0) is 53.5 Å². The maximum atomic E-state index is 4.70. The number of tetrazole rings is 2. The maximum absolute atomic E-state index is 4.70. The van der Waals surface area contributed by atoms with Crippen LogP contribution in [0.5, 0.6) is 0 Å².